The number of nitrogens with two attached hydrogens (primary N) is 1. The van der Waals surface area contributed by atoms with Gasteiger partial charge in [0.1, 0.15) is 0 Å². The predicted octanol–water partition coefficient (Wildman–Crippen LogP) is 3.92. The molecule has 0 aliphatic carbocycles. The van der Waals surface area contributed by atoms with Gasteiger partial charge in [0.25, 0.3) is 5.91 Å². The quantitative estimate of drug-likeness (QED) is 0.847. The number of hydrogen-bond acceptors (Lipinski definition) is 2. The van der Waals surface area contributed by atoms with Gasteiger partial charge in [-0.2, -0.15) is 0 Å². The number of anilines is 2. The summed E-state index contributed by atoms with van der Waals surface area (Å²) in [5.41, 5.74) is 10.1. The van der Waals surface area contributed by atoms with E-state index < -0.39 is 0 Å². The molecular weight excluding hydrogens is 316 g/mol. The van der Waals surface area contributed by atoms with Crippen LogP contribution in [0.3, 0.4) is 0 Å². The van der Waals surface area contributed by atoms with E-state index in [2.05, 4.69) is 22.0 Å². The smallest absolute Gasteiger partial charge is 0.258 e. The van der Waals surface area contributed by atoms with E-state index in [1.54, 1.807) is 30.1 Å². The molecule has 4 heteroatoms. The molecule has 3 nitrogen and oxygen atoms in total. The van der Waals surface area contributed by atoms with Crippen molar-refractivity contribution in [1.29, 1.82) is 0 Å². The Labute approximate surface area is 127 Å². The molecule has 2 aromatic carbocycles. The van der Waals surface area contributed by atoms with Gasteiger partial charge in [-0.15, -0.1) is 0 Å². The number of nitrogen functional groups attached to an aromatic ring is 1. The largest absolute Gasteiger partial charge is 0.399 e. The SMILES string of the molecule is Cc1cc(C)cc(N(C)C(=O)c2cc(N)cc(Br)c2)c1. The van der Waals surface area contributed by atoms with Crippen molar-refractivity contribution in [2.45, 2.75) is 13.8 Å². The Morgan fingerprint density at radius 1 is 1.05 bits per heavy atom. The Kier molecular flexibility index (Phi) is 4.14. The summed E-state index contributed by atoms with van der Waals surface area (Å²) < 4.78 is 0.801. The summed E-state index contributed by atoms with van der Waals surface area (Å²) in [6.45, 7) is 4.04. The van der Waals surface area contributed by atoms with Gasteiger partial charge in [0.15, 0.2) is 0 Å². The molecule has 1 amide bonds. The number of carbonyl (C=O) groups excluding carboxylic acids is 1. The summed E-state index contributed by atoms with van der Waals surface area (Å²) in [5.74, 6) is -0.0806. The van der Waals surface area contributed by atoms with E-state index in [1.165, 1.54) is 0 Å². The van der Waals surface area contributed by atoms with Crippen LogP contribution >= 0.6 is 15.9 Å². The maximum absolute atomic E-state index is 12.5. The fraction of sp³-hybridized carbons (Fsp3) is 0.188. The number of aryl methyl sites for hydroxylation is 2. The van der Waals surface area contributed by atoms with Gasteiger partial charge in [-0.05, 0) is 55.3 Å². The number of nitrogens with zero attached hydrogens (tertiary/aromatic N) is 1. The molecule has 0 radical (unpaired) electrons. The van der Waals surface area contributed by atoms with Gasteiger partial charge in [0.2, 0.25) is 0 Å². The highest BCUT2D eigenvalue weighted by molar-refractivity contribution is 9.10. The average Bonchev–Trinajstić information content (AvgIpc) is 2.34. The van der Waals surface area contributed by atoms with Crippen molar-refractivity contribution in [1.82, 2.24) is 0 Å². The summed E-state index contributed by atoms with van der Waals surface area (Å²) in [6, 6.07) is 11.3. The molecule has 0 fully saturated rings. The van der Waals surface area contributed by atoms with Gasteiger partial charge in [-0.25, -0.2) is 0 Å². The average molecular weight is 333 g/mol. The lowest BCUT2D eigenvalue weighted by atomic mass is 10.1. The molecule has 2 N–H and O–H groups in total. The molecule has 0 aliphatic rings. The second-order valence-electron chi connectivity index (χ2n) is 4.98. The normalized spacial score (nSPS) is 10.4. The van der Waals surface area contributed by atoms with Gasteiger partial charge in [-0.3, -0.25) is 4.79 Å². The third-order valence-corrected chi connectivity index (χ3v) is 3.52. The minimum atomic E-state index is -0.0806. The van der Waals surface area contributed by atoms with E-state index in [-0.39, 0.29) is 5.91 Å². The number of benzene rings is 2. The van der Waals surface area contributed by atoms with Gasteiger partial charge < -0.3 is 10.6 Å². The molecule has 0 saturated carbocycles. The van der Waals surface area contributed by atoms with Crippen molar-refractivity contribution in [3.8, 4) is 0 Å². The molecule has 20 heavy (non-hydrogen) atoms. The molecule has 0 saturated heterocycles. The summed E-state index contributed by atoms with van der Waals surface area (Å²) in [7, 11) is 1.77. The highest BCUT2D eigenvalue weighted by Crippen LogP contribution is 2.22. The molecule has 104 valence electrons. The molecule has 2 aromatic rings. The first kappa shape index (κ1) is 14.6. The van der Waals surface area contributed by atoms with E-state index in [9.17, 15) is 4.79 Å². The molecule has 2 rings (SSSR count). The minimum Gasteiger partial charge on any atom is -0.399 e. The van der Waals surface area contributed by atoms with Gasteiger partial charge in [-0.1, -0.05) is 22.0 Å². The molecule has 0 heterocycles. The summed E-state index contributed by atoms with van der Waals surface area (Å²) in [6.07, 6.45) is 0. The van der Waals surface area contributed by atoms with Crippen LogP contribution in [0, 0.1) is 13.8 Å². The number of hydrogen-bond donors (Lipinski definition) is 1. The van der Waals surface area contributed by atoms with E-state index >= 15 is 0 Å². The number of halogens is 1. The topological polar surface area (TPSA) is 46.3 Å². The van der Waals surface area contributed by atoms with Gasteiger partial charge in [0, 0.05) is 28.5 Å². The Hall–Kier alpha value is -1.81. The van der Waals surface area contributed by atoms with Crippen LogP contribution in [-0.2, 0) is 0 Å². The van der Waals surface area contributed by atoms with Crippen LogP contribution in [0.2, 0.25) is 0 Å². The van der Waals surface area contributed by atoms with Crippen LogP contribution in [0.1, 0.15) is 21.5 Å². The Bertz CT molecular complexity index is 627. The van der Waals surface area contributed by atoms with E-state index in [0.717, 1.165) is 21.3 Å². The second kappa shape index (κ2) is 5.67. The number of carbonyl (C=O) groups is 1. The van der Waals surface area contributed by atoms with Crippen LogP contribution in [0.4, 0.5) is 11.4 Å². The first-order valence-corrected chi connectivity index (χ1v) is 7.08. The molecule has 0 spiro atoms. The number of amides is 1. The molecule has 0 aromatic heterocycles. The molecule has 0 aliphatic heterocycles. The Morgan fingerprint density at radius 3 is 2.20 bits per heavy atom. The lowest BCUT2D eigenvalue weighted by Crippen LogP contribution is -2.26. The standard InChI is InChI=1S/C16H17BrN2O/c1-10-4-11(2)6-15(5-10)19(3)16(20)12-7-13(17)9-14(18)8-12/h4-9H,18H2,1-3H3. The highest BCUT2D eigenvalue weighted by Gasteiger charge is 2.15. The molecule has 0 unspecified atom stereocenters. The van der Waals surface area contributed by atoms with Gasteiger partial charge in [0.05, 0.1) is 0 Å². The van der Waals surface area contributed by atoms with Gasteiger partial charge >= 0.3 is 0 Å². The second-order valence-corrected chi connectivity index (χ2v) is 5.90. The third kappa shape index (κ3) is 3.20. The fourth-order valence-electron chi connectivity index (χ4n) is 2.19. The lowest BCUT2D eigenvalue weighted by molar-refractivity contribution is 0.0993. The fourth-order valence-corrected chi connectivity index (χ4v) is 2.70. The van der Waals surface area contributed by atoms with Crippen molar-refractivity contribution in [2.24, 2.45) is 0 Å². The first-order valence-electron chi connectivity index (χ1n) is 6.29. The monoisotopic (exact) mass is 332 g/mol. The van der Waals surface area contributed by atoms with E-state index in [4.69, 9.17) is 5.73 Å². The third-order valence-electron chi connectivity index (χ3n) is 3.07. The number of rotatable bonds is 2. The van der Waals surface area contributed by atoms with Crippen LogP contribution in [0.15, 0.2) is 40.9 Å². The zero-order valence-electron chi connectivity index (χ0n) is 11.8. The molecule has 0 atom stereocenters. The van der Waals surface area contributed by atoms with Crippen molar-refractivity contribution >= 4 is 33.2 Å². The van der Waals surface area contributed by atoms with Crippen LogP contribution in [0.25, 0.3) is 0 Å². The Balaban J connectivity index is 2.36. The van der Waals surface area contributed by atoms with E-state index in [0.29, 0.717) is 11.3 Å². The first-order chi connectivity index (χ1) is 9.36. The minimum absolute atomic E-state index is 0.0806. The summed E-state index contributed by atoms with van der Waals surface area (Å²) in [5, 5.41) is 0. The summed E-state index contributed by atoms with van der Waals surface area (Å²) >= 11 is 3.36. The highest BCUT2D eigenvalue weighted by atomic mass is 79.9. The van der Waals surface area contributed by atoms with E-state index in [1.807, 2.05) is 26.0 Å². The maximum Gasteiger partial charge on any atom is 0.258 e. The van der Waals surface area contributed by atoms with Crippen LogP contribution in [0.5, 0.6) is 0 Å². The molecular formula is C16H17BrN2O. The lowest BCUT2D eigenvalue weighted by Gasteiger charge is -2.19. The predicted molar refractivity (Wildman–Crippen MR) is 87.2 cm³/mol. The van der Waals surface area contributed by atoms with Crippen molar-refractivity contribution in [3.05, 3.63) is 57.6 Å². The zero-order chi connectivity index (χ0) is 14.9. The Morgan fingerprint density at radius 2 is 1.65 bits per heavy atom. The van der Waals surface area contributed by atoms with Crippen molar-refractivity contribution in [2.75, 3.05) is 17.7 Å². The van der Waals surface area contributed by atoms with Crippen LogP contribution < -0.4 is 10.6 Å². The maximum atomic E-state index is 12.5. The molecule has 0 bridgehead atoms. The van der Waals surface area contributed by atoms with Crippen molar-refractivity contribution in [3.63, 3.8) is 0 Å². The van der Waals surface area contributed by atoms with Crippen molar-refractivity contribution < 1.29 is 4.79 Å². The zero-order valence-corrected chi connectivity index (χ0v) is 13.4. The van der Waals surface area contributed by atoms with Crippen LogP contribution in [-0.4, -0.2) is 13.0 Å². The summed E-state index contributed by atoms with van der Waals surface area (Å²) in [4.78, 5) is 14.2.